The van der Waals surface area contributed by atoms with Crippen LogP contribution >= 0.6 is 11.6 Å². The summed E-state index contributed by atoms with van der Waals surface area (Å²) in [5.74, 6) is -1.79. The first-order chi connectivity index (χ1) is 17.8. The molecule has 0 amide bonds. The zero-order chi connectivity index (χ0) is 28.1. The molecule has 0 bridgehead atoms. The number of ketones is 3. The fraction of sp³-hybridized carbons (Fsp3) is 0.367. The van der Waals surface area contributed by atoms with Crippen molar-refractivity contribution in [1.29, 1.82) is 0 Å². The highest BCUT2D eigenvalue weighted by Crippen LogP contribution is 2.57. The second-order valence-corrected chi connectivity index (χ2v) is 10.9. The Morgan fingerprint density at radius 3 is 2.32 bits per heavy atom. The third-order valence-electron chi connectivity index (χ3n) is 7.71. The molecule has 0 unspecified atom stereocenters. The minimum Gasteiger partial charge on any atom is -0.507 e. The highest BCUT2D eigenvalue weighted by Gasteiger charge is 2.56. The van der Waals surface area contributed by atoms with Gasteiger partial charge in [-0.3, -0.25) is 14.4 Å². The van der Waals surface area contributed by atoms with Gasteiger partial charge in [0.25, 0.3) is 0 Å². The highest BCUT2D eigenvalue weighted by atomic mass is 35.5. The lowest BCUT2D eigenvalue weighted by atomic mass is 9.70. The van der Waals surface area contributed by atoms with E-state index in [4.69, 9.17) is 16.3 Å². The van der Waals surface area contributed by atoms with Gasteiger partial charge in [-0.2, -0.15) is 0 Å². The normalized spacial score (nSPS) is 20.5. The van der Waals surface area contributed by atoms with Crippen molar-refractivity contribution in [2.24, 2.45) is 5.92 Å². The van der Waals surface area contributed by atoms with E-state index in [-0.39, 0.29) is 45.4 Å². The average Bonchev–Trinajstić information content (AvgIpc) is 3.13. The minimum absolute atomic E-state index is 0.0180. The van der Waals surface area contributed by atoms with Crippen LogP contribution < -0.4 is 10.1 Å². The summed E-state index contributed by atoms with van der Waals surface area (Å²) < 4.78 is 5.81. The lowest BCUT2D eigenvalue weighted by Gasteiger charge is -2.29. The fourth-order valence-electron chi connectivity index (χ4n) is 5.46. The van der Waals surface area contributed by atoms with Crippen molar-refractivity contribution >= 4 is 29.0 Å². The standard InChI is InChI=1S/C30H32ClNO6/c1-14(2)20(18-7-9-19(31)10-8-18)11-12-32-16(4)23-21(34)13-22-30(6,29(23)37)25-27(36)15(3)26(35)24(17(5)33)28(25)38-22/h7-10,13-14,20,32,35-36H,11-12H2,1-6H3/b23-16+/t20-,30-/m0/s1. The summed E-state index contributed by atoms with van der Waals surface area (Å²) in [6, 6.07) is 7.76. The number of fused-ring (bicyclic) bond motifs is 3. The monoisotopic (exact) mass is 537 g/mol. The van der Waals surface area contributed by atoms with Crippen LogP contribution in [0.5, 0.6) is 17.2 Å². The molecule has 2 atom stereocenters. The number of aromatic hydroxyl groups is 2. The number of Topliss-reactive ketones (excluding diaryl/α,β-unsaturated/α-hetero) is 2. The number of carbonyl (C=O) groups is 3. The van der Waals surface area contributed by atoms with Crippen LogP contribution in [0.15, 0.2) is 47.4 Å². The topological polar surface area (TPSA) is 113 Å². The number of allylic oxidation sites excluding steroid dienone is 4. The van der Waals surface area contributed by atoms with Crippen LogP contribution in [0.3, 0.4) is 0 Å². The maximum absolute atomic E-state index is 13.9. The van der Waals surface area contributed by atoms with Gasteiger partial charge in [0.1, 0.15) is 34.0 Å². The molecule has 1 aliphatic heterocycles. The van der Waals surface area contributed by atoms with Gasteiger partial charge in [-0.25, -0.2) is 0 Å². The molecule has 2 aromatic carbocycles. The van der Waals surface area contributed by atoms with Crippen LogP contribution in [0, 0.1) is 12.8 Å². The van der Waals surface area contributed by atoms with Gasteiger partial charge in [0.2, 0.25) is 0 Å². The number of hydrogen-bond donors (Lipinski definition) is 3. The molecule has 0 spiro atoms. The number of ether oxygens (including phenoxy) is 1. The second kappa shape index (κ2) is 9.95. The summed E-state index contributed by atoms with van der Waals surface area (Å²) in [7, 11) is 0. The number of rotatable bonds is 7. The van der Waals surface area contributed by atoms with Crippen LogP contribution in [-0.4, -0.2) is 34.1 Å². The zero-order valence-electron chi connectivity index (χ0n) is 22.4. The number of carbonyl (C=O) groups excluding carboxylic acids is 3. The lowest BCUT2D eigenvalue weighted by Crippen LogP contribution is -2.41. The summed E-state index contributed by atoms with van der Waals surface area (Å²) >= 11 is 6.05. The van der Waals surface area contributed by atoms with E-state index in [1.165, 1.54) is 19.9 Å². The SMILES string of the molecule is CC(=O)c1c(O)c(C)c(O)c2c1OC1=CC(=O)/C(=C(/C)NCC[C@H](c3ccc(Cl)cc3)C(C)C)C(=O)[C@@]12C. The van der Waals surface area contributed by atoms with Gasteiger partial charge in [-0.15, -0.1) is 0 Å². The molecule has 38 heavy (non-hydrogen) atoms. The van der Waals surface area contributed by atoms with Crippen LogP contribution in [0.25, 0.3) is 0 Å². The molecule has 1 aliphatic carbocycles. The van der Waals surface area contributed by atoms with E-state index in [2.05, 4.69) is 19.2 Å². The maximum Gasteiger partial charge on any atom is 0.194 e. The molecule has 7 nitrogen and oxygen atoms in total. The van der Waals surface area contributed by atoms with Crippen molar-refractivity contribution in [3.05, 3.63) is 74.6 Å². The summed E-state index contributed by atoms with van der Waals surface area (Å²) in [4.78, 5) is 39.4. The first-order valence-electron chi connectivity index (χ1n) is 12.6. The molecular formula is C30H32ClNO6. The van der Waals surface area contributed by atoms with Crippen molar-refractivity contribution in [1.82, 2.24) is 5.32 Å². The average molecular weight is 538 g/mol. The van der Waals surface area contributed by atoms with E-state index < -0.39 is 28.5 Å². The van der Waals surface area contributed by atoms with E-state index in [9.17, 15) is 24.6 Å². The smallest absolute Gasteiger partial charge is 0.194 e. The van der Waals surface area contributed by atoms with E-state index in [0.29, 0.717) is 23.2 Å². The Balaban J connectivity index is 1.67. The van der Waals surface area contributed by atoms with Crippen LogP contribution in [0.4, 0.5) is 0 Å². The molecule has 0 radical (unpaired) electrons. The van der Waals surface area contributed by atoms with E-state index in [0.717, 1.165) is 12.0 Å². The maximum atomic E-state index is 13.9. The molecule has 0 saturated heterocycles. The Hall–Kier alpha value is -3.58. The van der Waals surface area contributed by atoms with Crippen LogP contribution in [0.2, 0.25) is 5.02 Å². The van der Waals surface area contributed by atoms with E-state index in [1.54, 1.807) is 13.8 Å². The first-order valence-corrected chi connectivity index (χ1v) is 13.0. The van der Waals surface area contributed by atoms with E-state index >= 15 is 0 Å². The summed E-state index contributed by atoms with van der Waals surface area (Å²) in [6.07, 6.45) is 1.99. The molecule has 0 aromatic heterocycles. The Morgan fingerprint density at radius 2 is 1.74 bits per heavy atom. The number of hydrogen-bond acceptors (Lipinski definition) is 7. The molecule has 8 heteroatoms. The van der Waals surface area contributed by atoms with Crippen molar-refractivity contribution < 1.29 is 29.3 Å². The summed E-state index contributed by atoms with van der Waals surface area (Å²) in [6.45, 7) is 10.8. The van der Waals surface area contributed by atoms with Gasteiger partial charge >= 0.3 is 0 Å². The van der Waals surface area contributed by atoms with Gasteiger partial charge in [-0.05, 0) is 63.6 Å². The van der Waals surface area contributed by atoms with Gasteiger partial charge in [0.15, 0.2) is 17.3 Å². The predicted octanol–water partition coefficient (Wildman–Crippen LogP) is 5.64. The van der Waals surface area contributed by atoms with Crippen LogP contribution in [0.1, 0.15) is 74.0 Å². The second-order valence-electron chi connectivity index (χ2n) is 10.5. The van der Waals surface area contributed by atoms with E-state index in [1.807, 2.05) is 24.3 Å². The fourth-order valence-corrected chi connectivity index (χ4v) is 5.59. The zero-order valence-corrected chi connectivity index (χ0v) is 23.1. The molecule has 4 rings (SSSR count). The van der Waals surface area contributed by atoms with Gasteiger partial charge < -0.3 is 20.3 Å². The van der Waals surface area contributed by atoms with Gasteiger partial charge in [-0.1, -0.05) is 37.6 Å². The Morgan fingerprint density at radius 1 is 1.11 bits per heavy atom. The summed E-state index contributed by atoms with van der Waals surface area (Å²) in [5, 5.41) is 25.4. The van der Waals surface area contributed by atoms with Crippen molar-refractivity contribution in [3.8, 4) is 17.2 Å². The number of nitrogens with one attached hydrogen (secondary N) is 1. The third-order valence-corrected chi connectivity index (χ3v) is 7.96. The van der Waals surface area contributed by atoms with Gasteiger partial charge in [0.05, 0.1) is 11.1 Å². The molecule has 3 N–H and O–H groups in total. The third kappa shape index (κ3) is 4.29. The number of benzene rings is 2. The van der Waals surface area contributed by atoms with Gasteiger partial charge in [0, 0.05) is 28.9 Å². The molecule has 2 aromatic rings. The number of halogens is 1. The van der Waals surface area contributed by atoms with Crippen molar-refractivity contribution in [2.75, 3.05) is 6.54 Å². The van der Waals surface area contributed by atoms with Crippen LogP contribution in [-0.2, 0) is 15.0 Å². The largest absolute Gasteiger partial charge is 0.507 e. The minimum atomic E-state index is -1.53. The Kier molecular flexibility index (Phi) is 7.19. The molecule has 2 aliphatic rings. The molecule has 200 valence electrons. The van der Waals surface area contributed by atoms with Crippen molar-refractivity contribution in [2.45, 2.75) is 59.3 Å². The lowest BCUT2D eigenvalue weighted by molar-refractivity contribution is -0.123. The predicted molar refractivity (Wildman–Crippen MR) is 145 cm³/mol. The molecule has 1 heterocycles. The molecular weight excluding hydrogens is 506 g/mol. The quantitative estimate of drug-likeness (QED) is 0.238. The molecule has 0 saturated carbocycles. The summed E-state index contributed by atoms with van der Waals surface area (Å²) in [5.41, 5.74) is 0.0330. The molecule has 0 fully saturated rings. The number of phenols is 2. The highest BCUT2D eigenvalue weighted by molar-refractivity contribution is 6.31. The first kappa shape index (κ1) is 27.5. The Labute approximate surface area is 227 Å². The van der Waals surface area contributed by atoms with Crippen molar-refractivity contribution in [3.63, 3.8) is 0 Å². The number of phenolic OH excluding ortho intramolecular Hbond substituents is 2. The Bertz CT molecular complexity index is 1420.